The summed E-state index contributed by atoms with van der Waals surface area (Å²) in [5.74, 6) is -0.471. The van der Waals surface area contributed by atoms with Gasteiger partial charge in [-0.05, 0) is 15.9 Å². The standard InChI is InChI=1S/C13H16BrFN4O2/c14-10-5-13(19(20)21)12(6-11(10)15)18-7-9(8-18)17-3-1-16-2-4-17/h5-6,9,16H,1-4,7-8H2. The average Bonchev–Trinajstić information content (AvgIpc) is 2.41. The second kappa shape index (κ2) is 5.86. The molecule has 2 heterocycles. The molecule has 2 aliphatic heterocycles. The van der Waals surface area contributed by atoms with E-state index in [9.17, 15) is 14.5 Å². The van der Waals surface area contributed by atoms with Crippen molar-refractivity contribution in [3.63, 3.8) is 0 Å². The number of nitrogens with one attached hydrogen (secondary N) is 1. The summed E-state index contributed by atoms with van der Waals surface area (Å²) in [6.07, 6.45) is 0. The molecule has 21 heavy (non-hydrogen) atoms. The number of rotatable bonds is 3. The minimum atomic E-state index is -0.471. The van der Waals surface area contributed by atoms with Crippen LogP contribution in [0.15, 0.2) is 16.6 Å². The third-order valence-electron chi connectivity index (χ3n) is 4.09. The van der Waals surface area contributed by atoms with Gasteiger partial charge in [0.25, 0.3) is 5.69 Å². The fraction of sp³-hybridized carbons (Fsp3) is 0.538. The Morgan fingerprint density at radius 3 is 2.62 bits per heavy atom. The first-order chi connectivity index (χ1) is 10.1. The zero-order valence-electron chi connectivity index (χ0n) is 11.4. The molecule has 2 aliphatic rings. The zero-order chi connectivity index (χ0) is 15.0. The molecule has 0 bridgehead atoms. The summed E-state index contributed by atoms with van der Waals surface area (Å²) >= 11 is 3.00. The van der Waals surface area contributed by atoms with E-state index in [2.05, 4.69) is 26.1 Å². The van der Waals surface area contributed by atoms with Gasteiger partial charge in [0, 0.05) is 57.4 Å². The normalized spacial score (nSPS) is 20.4. The SMILES string of the molecule is O=[N+]([O-])c1cc(Br)c(F)cc1N1CC(N2CCNCC2)C1. The second-order valence-electron chi connectivity index (χ2n) is 5.36. The number of benzene rings is 1. The summed E-state index contributed by atoms with van der Waals surface area (Å²) in [6.45, 7) is 5.36. The number of halogens is 2. The minimum Gasteiger partial charge on any atom is -0.363 e. The molecule has 1 aromatic rings. The molecular weight excluding hydrogens is 343 g/mol. The van der Waals surface area contributed by atoms with Gasteiger partial charge in [0.05, 0.1) is 9.40 Å². The molecule has 2 fully saturated rings. The summed E-state index contributed by atoms with van der Waals surface area (Å²) in [5.41, 5.74) is 0.314. The lowest BCUT2D eigenvalue weighted by molar-refractivity contribution is -0.384. The maximum atomic E-state index is 13.7. The van der Waals surface area contributed by atoms with Gasteiger partial charge in [0.1, 0.15) is 11.5 Å². The summed E-state index contributed by atoms with van der Waals surface area (Å²) in [5, 5.41) is 14.4. The van der Waals surface area contributed by atoms with Gasteiger partial charge in [-0.25, -0.2) is 4.39 Å². The van der Waals surface area contributed by atoms with Crippen LogP contribution in [0.2, 0.25) is 0 Å². The van der Waals surface area contributed by atoms with Crippen LogP contribution >= 0.6 is 15.9 Å². The Balaban J connectivity index is 1.74. The molecule has 114 valence electrons. The van der Waals surface area contributed by atoms with Crippen LogP contribution in [0.5, 0.6) is 0 Å². The van der Waals surface area contributed by atoms with Gasteiger partial charge in [-0.2, -0.15) is 0 Å². The number of hydrogen-bond acceptors (Lipinski definition) is 5. The first-order valence-electron chi connectivity index (χ1n) is 6.89. The smallest absolute Gasteiger partial charge is 0.293 e. The van der Waals surface area contributed by atoms with E-state index >= 15 is 0 Å². The van der Waals surface area contributed by atoms with Gasteiger partial charge in [-0.1, -0.05) is 0 Å². The number of nitro groups is 1. The molecule has 1 N–H and O–H groups in total. The maximum absolute atomic E-state index is 13.7. The lowest BCUT2D eigenvalue weighted by Crippen LogP contribution is -2.63. The van der Waals surface area contributed by atoms with Crippen molar-refractivity contribution >= 4 is 27.3 Å². The molecule has 0 aliphatic carbocycles. The molecule has 0 saturated carbocycles. The summed E-state index contributed by atoms with van der Waals surface area (Å²) in [6, 6.07) is 2.89. The molecule has 2 saturated heterocycles. The van der Waals surface area contributed by atoms with Crippen LogP contribution in [0.3, 0.4) is 0 Å². The van der Waals surface area contributed by atoms with Crippen molar-refractivity contribution in [3.8, 4) is 0 Å². The predicted molar refractivity (Wildman–Crippen MR) is 81.2 cm³/mol. The number of piperazine rings is 1. The molecule has 0 amide bonds. The highest BCUT2D eigenvalue weighted by Gasteiger charge is 2.35. The first kappa shape index (κ1) is 14.7. The van der Waals surface area contributed by atoms with Crippen LogP contribution in [0.4, 0.5) is 15.8 Å². The van der Waals surface area contributed by atoms with Crippen molar-refractivity contribution in [2.75, 3.05) is 44.2 Å². The van der Waals surface area contributed by atoms with Crippen LogP contribution in [0.25, 0.3) is 0 Å². The second-order valence-corrected chi connectivity index (χ2v) is 6.21. The number of nitro benzene ring substituents is 1. The Labute approximate surface area is 130 Å². The lowest BCUT2D eigenvalue weighted by Gasteiger charge is -2.47. The van der Waals surface area contributed by atoms with E-state index in [1.54, 1.807) is 0 Å². The van der Waals surface area contributed by atoms with E-state index in [4.69, 9.17) is 0 Å². The van der Waals surface area contributed by atoms with Gasteiger partial charge in [-0.3, -0.25) is 15.0 Å². The molecular formula is C13H16BrFN4O2. The van der Waals surface area contributed by atoms with E-state index in [0.29, 0.717) is 24.8 Å². The van der Waals surface area contributed by atoms with E-state index < -0.39 is 10.7 Å². The highest BCUT2D eigenvalue weighted by molar-refractivity contribution is 9.10. The highest BCUT2D eigenvalue weighted by atomic mass is 79.9. The monoisotopic (exact) mass is 358 g/mol. The van der Waals surface area contributed by atoms with Crippen molar-refractivity contribution in [3.05, 3.63) is 32.5 Å². The van der Waals surface area contributed by atoms with Crippen molar-refractivity contribution in [2.24, 2.45) is 0 Å². The quantitative estimate of drug-likeness (QED) is 0.656. The molecule has 0 aromatic heterocycles. The Morgan fingerprint density at radius 2 is 2.00 bits per heavy atom. The third kappa shape index (κ3) is 2.88. The molecule has 0 spiro atoms. The minimum absolute atomic E-state index is 0.0537. The fourth-order valence-electron chi connectivity index (χ4n) is 2.86. The van der Waals surface area contributed by atoms with Gasteiger partial charge >= 0.3 is 0 Å². The van der Waals surface area contributed by atoms with Gasteiger partial charge in [-0.15, -0.1) is 0 Å². The zero-order valence-corrected chi connectivity index (χ0v) is 13.0. The van der Waals surface area contributed by atoms with Crippen LogP contribution in [0, 0.1) is 15.9 Å². The summed E-state index contributed by atoms with van der Waals surface area (Å²) < 4.78 is 13.8. The maximum Gasteiger partial charge on any atom is 0.293 e. The predicted octanol–water partition coefficient (Wildman–Crippen LogP) is 1.59. The Bertz CT molecular complexity index is 559. The Kier molecular flexibility index (Phi) is 4.10. The molecule has 0 unspecified atom stereocenters. The fourth-order valence-corrected chi connectivity index (χ4v) is 3.19. The van der Waals surface area contributed by atoms with Crippen molar-refractivity contribution in [1.82, 2.24) is 10.2 Å². The average molecular weight is 359 g/mol. The van der Waals surface area contributed by atoms with Gasteiger partial charge in [0.15, 0.2) is 0 Å². The van der Waals surface area contributed by atoms with E-state index in [1.165, 1.54) is 12.1 Å². The molecule has 0 atom stereocenters. The summed E-state index contributed by atoms with van der Waals surface area (Å²) in [4.78, 5) is 14.9. The lowest BCUT2D eigenvalue weighted by atomic mass is 10.0. The van der Waals surface area contributed by atoms with E-state index in [0.717, 1.165) is 26.2 Å². The van der Waals surface area contributed by atoms with Crippen molar-refractivity contribution in [2.45, 2.75) is 6.04 Å². The van der Waals surface area contributed by atoms with Crippen LogP contribution < -0.4 is 10.2 Å². The Hall–Kier alpha value is -1.25. The first-order valence-corrected chi connectivity index (χ1v) is 7.68. The van der Waals surface area contributed by atoms with Gasteiger partial charge in [0.2, 0.25) is 0 Å². The number of hydrogen-bond donors (Lipinski definition) is 1. The van der Waals surface area contributed by atoms with Crippen LogP contribution in [-0.4, -0.2) is 55.1 Å². The van der Waals surface area contributed by atoms with E-state index in [-0.39, 0.29) is 10.2 Å². The number of nitrogens with zero attached hydrogens (tertiary/aromatic N) is 3. The number of anilines is 1. The van der Waals surface area contributed by atoms with Crippen molar-refractivity contribution < 1.29 is 9.31 Å². The molecule has 1 aromatic carbocycles. The molecule has 0 radical (unpaired) electrons. The van der Waals surface area contributed by atoms with Gasteiger partial charge < -0.3 is 10.2 Å². The van der Waals surface area contributed by atoms with Crippen molar-refractivity contribution in [1.29, 1.82) is 0 Å². The largest absolute Gasteiger partial charge is 0.363 e. The molecule has 6 nitrogen and oxygen atoms in total. The molecule has 8 heteroatoms. The van der Waals surface area contributed by atoms with Crippen LogP contribution in [-0.2, 0) is 0 Å². The van der Waals surface area contributed by atoms with Crippen LogP contribution in [0.1, 0.15) is 0 Å². The summed E-state index contributed by atoms with van der Waals surface area (Å²) in [7, 11) is 0. The Morgan fingerprint density at radius 1 is 1.33 bits per heavy atom. The third-order valence-corrected chi connectivity index (χ3v) is 4.69. The topological polar surface area (TPSA) is 61.7 Å². The highest BCUT2D eigenvalue weighted by Crippen LogP contribution is 2.36. The molecule has 3 rings (SSSR count). The van der Waals surface area contributed by atoms with E-state index in [1.807, 2.05) is 4.90 Å².